The minimum absolute atomic E-state index is 1.43. The Morgan fingerprint density at radius 2 is 1.73 bits per heavy atom. The van der Waals surface area contributed by atoms with E-state index in [-0.39, 0.29) is 0 Å². The Balaban J connectivity index is 5.02. The molecule has 0 aliphatic rings. The van der Waals surface area contributed by atoms with Gasteiger partial charge >= 0.3 is 17.9 Å². The number of rotatable bonds is 5. The normalized spacial score (nSPS) is 16.2. The van der Waals surface area contributed by atoms with Gasteiger partial charge in [-0.2, -0.15) is 5.26 Å². The molecule has 0 spiro atoms. The molecule has 0 fully saturated rings. The second-order valence-corrected chi connectivity index (χ2v) is 2.61. The van der Waals surface area contributed by atoms with Gasteiger partial charge in [0.05, 0.1) is 6.42 Å². The Morgan fingerprint density at radius 1 is 1.27 bits per heavy atom. The van der Waals surface area contributed by atoms with Gasteiger partial charge in [-0.05, 0) is 0 Å². The second kappa shape index (κ2) is 4.68. The number of aliphatic hydroxyl groups is 2. The lowest BCUT2D eigenvalue weighted by molar-refractivity contribution is -0.252. The van der Waals surface area contributed by atoms with Crippen molar-refractivity contribution in [1.29, 1.82) is 0 Å². The summed E-state index contributed by atoms with van der Waals surface area (Å²) in [7, 11) is 0. The third-order valence-electron chi connectivity index (χ3n) is 1.56. The first-order valence-electron chi connectivity index (χ1n) is 3.46. The maximum absolute atomic E-state index is 10.5. The molecule has 0 aromatic rings. The second-order valence-electron chi connectivity index (χ2n) is 2.61. The Morgan fingerprint density at radius 3 is 2.00 bits per heavy atom. The molecule has 0 bridgehead atoms. The lowest BCUT2D eigenvalue weighted by Gasteiger charge is -2.24. The fourth-order valence-corrected chi connectivity index (χ4v) is 0.765. The summed E-state index contributed by atoms with van der Waals surface area (Å²) in [4.78, 5) is 34.1. The summed E-state index contributed by atoms with van der Waals surface area (Å²) < 4.78 is 0. The van der Waals surface area contributed by atoms with Gasteiger partial charge < -0.3 is 20.4 Å². The molecular formula is C6H8O9. The molecule has 0 saturated heterocycles. The predicted octanol–water partition coefficient (Wildman–Crippen LogP) is -2.35. The van der Waals surface area contributed by atoms with Gasteiger partial charge in [0.25, 0.3) is 0 Å². The van der Waals surface area contributed by atoms with Crippen LogP contribution in [0.5, 0.6) is 0 Å². The molecule has 9 heteroatoms. The van der Waals surface area contributed by atoms with E-state index >= 15 is 0 Å². The monoisotopic (exact) mass is 224 g/mol. The smallest absolute Gasteiger partial charge is 0.373 e. The maximum Gasteiger partial charge on any atom is 0.373 e. The van der Waals surface area contributed by atoms with Crippen molar-refractivity contribution in [2.75, 3.05) is 0 Å². The summed E-state index contributed by atoms with van der Waals surface area (Å²) in [5, 5.41) is 42.6. The molecule has 0 aromatic heterocycles. The summed E-state index contributed by atoms with van der Waals surface area (Å²) in [5.41, 5.74) is -3.26. The summed E-state index contributed by atoms with van der Waals surface area (Å²) in [6.45, 7) is 0. The third kappa shape index (κ3) is 2.87. The van der Waals surface area contributed by atoms with E-state index in [2.05, 4.69) is 4.89 Å². The van der Waals surface area contributed by atoms with Crippen LogP contribution in [-0.4, -0.2) is 55.3 Å². The largest absolute Gasteiger partial charge is 0.481 e. The lowest BCUT2D eigenvalue weighted by Crippen LogP contribution is -2.54. The van der Waals surface area contributed by atoms with Crippen LogP contribution in [0.1, 0.15) is 6.42 Å². The highest BCUT2D eigenvalue weighted by molar-refractivity contribution is 5.91. The van der Waals surface area contributed by atoms with Crippen LogP contribution in [0.25, 0.3) is 0 Å². The lowest BCUT2D eigenvalue weighted by atomic mass is 9.93. The molecule has 2 unspecified atom stereocenters. The average molecular weight is 224 g/mol. The Bertz CT molecular complexity index is 284. The molecule has 0 heterocycles. The van der Waals surface area contributed by atoms with Crippen molar-refractivity contribution in [1.82, 2.24) is 0 Å². The molecule has 9 nitrogen and oxygen atoms in total. The Hall–Kier alpha value is -1.71. The number of carboxylic acid groups (broad SMARTS) is 2. The fraction of sp³-hybridized carbons (Fsp3) is 0.500. The van der Waals surface area contributed by atoms with E-state index in [9.17, 15) is 19.5 Å². The zero-order valence-corrected chi connectivity index (χ0v) is 7.15. The molecule has 0 saturated carbocycles. The summed E-state index contributed by atoms with van der Waals surface area (Å²) in [6.07, 6.45) is -4.14. The number of hydrogen-bond donors (Lipinski definition) is 5. The average Bonchev–Trinajstić information content (AvgIpc) is 2.13. The van der Waals surface area contributed by atoms with Crippen molar-refractivity contribution >= 4 is 17.9 Å². The molecule has 15 heavy (non-hydrogen) atoms. The molecule has 86 valence electrons. The summed E-state index contributed by atoms with van der Waals surface area (Å²) >= 11 is 0. The van der Waals surface area contributed by atoms with Crippen molar-refractivity contribution in [2.45, 2.75) is 18.1 Å². The molecule has 0 rings (SSSR count). The van der Waals surface area contributed by atoms with Crippen molar-refractivity contribution in [3.63, 3.8) is 0 Å². The predicted molar refractivity (Wildman–Crippen MR) is 39.6 cm³/mol. The molecular weight excluding hydrogens is 216 g/mol. The SMILES string of the molecule is O=C(O)CC(O)(C(=O)O)C(O)C(=O)OO. The topological polar surface area (TPSA) is 162 Å². The van der Waals surface area contributed by atoms with E-state index < -0.39 is 36.0 Å². The number of hydrogen-bond acceptors (Lipinski definition) is 7. The highest BCUT2D eigenvalue weighted by Crippen LogP contribution is 2.17. The van der Waals surface area contributed by atoms with E-state index in [0.717, 1.165) is 0 Å². The van der Waals surface area contributed by atoms with Gasteiger partial charge in [0.1, 0.15) is 0 Å². The molecule has 5 N–H and O–H groups in total. The first-order chi connectivity index (χ1) is 6.75. The highest BCUT2D eigenvalue weighted by Gasteiger charge is 2.50. The Labute approximate surface area is 82.1 Å². The van der Waals surface area contributed by atoms with Crippen LogP contribution in [0, 0.1) is 0 Å². The van der Waals surface area contributed by atoms with E-state index in [1.54, 1.807) is 0 Å². The Kier molecular flexibility index (Phi) is 4.15. The quantitative estimate of drug-likeness (QED) is 0.254. The van der Waals surface area contributed by atoms with E-state index in [1.165, 1.54) is 0 Å². The van der Waals surface area contributed by atoms with Crippen LogP contribution in [0.15, 0.2) is 0 Å². The van der Waals surface area contributed by atoms with Gasteiger partial charge in [-0.25, -0.2) is 9.59 Å². The number of carbonyl (C=O) groups is 3. The van der Waals surface area contributed by atoms with E-state index in [0.29, 0.717) is 0 Å². The van der Waals surface area contributed by atoms with Crippen molar-refractivity contribution < 1.29 is 45.0 Å². The van der Waals surface area contributed by atoms with Crippen LogP contribution in [-0.2, 0) is 19.3 Å². The standard InChI is InChI=1S/C6H8O9/c7-2(8)1-6(13,5(11)12)3(9)4(10)15-14/h3,9,13-14H,1H2,(H,7,8)(H,11,12). The molecule has 0 aromatic carbocycles. The van der Waals surface area contributed by atoms with Gasteiger partial charge in [0, 0.05) is 0 Å². The van der Waals surface area contributed by atoms with E-state index in [1.807, 2.05) is 0 Å². The highest BCUT2D eigenvalue weighted by atomic mass is 17.1. The van der Waals surface area contributed by atoms with Crippen molar-refractivity contribution in [2.24, 2.45) is 0 Å². The molecule has 0 radical (unpaired) electrons. The minimum atomic E-state index is -3.26. The summed E-state index contributed by atoms with van der Waals surface area (Å²) in [6, 6.07) is 0. The van der Waals surface area contributed by atoms with E-state index in [4.69, 9.17) is 20.6 Å². The van der Waals surface area contributed by atoms with Crippen molar-refractivity contribution in [3.05, 3.63) is 0 Å². The van der Waals surface area contributed by atoms with Gasteiger partial charge in [-0.1, -0.05) is 0 Å². The van der Waals surface area contributed by atoms with Gasteiger partial charge in [-0.3, -0.25) is 9.68 Å². The van der Waals surface area contributed by atoms with Crippen LogP contribution in [0.2, 0.25) is 0 Å². The first kappa shape index (κ1) is 13.3. The molecule has 0 amide bonds. The van der Waals surface area contributed by atoms with Crippen LogP contribution >= 0.6 is 0 Å². The fourth-order valence-electron chi connectivity index (χ4n) is 0.765. The number of aliphatic hydroxyl groups excluding tert-OH is 1. The van der Waals surface area contributed by atoms with Gasteiger partial charge in [-0.15, -0.1) is 0 Å². The first-order valence-corrected chi connectivity index (χ1v) is 3.46. The van der Waals surface area contributed by atoms with Crippen LogP contribution in [0.4, 0.5) is 0 Å². The zero-order chi connectivity index (χ0) is 12.2. The van der Waals surface area contributed by atoms with Crippen LogP contribution < -0.4 is 0 Å². The summed E-state index contributed by atoms with van der Waals surface area (Å²) in [5.74, 6) is -5.77. The van der Waals surface area contributed by atoms with Crippen molar-refractivity contribution in [3.8, 4) is 0 Å². The van der Waals surface area contributed by atoms with Gasteiger partial charge in [0.15, 0.2) is 6.10 Å². The van der Waals surface area contributed by atoms with Crippen LogP contribution in [0.3, 0.4) is 0 Å². The third-order valence-corrected chi connectivity index (χ3v) is 1.56. The zero-order valence-electron chi connectivity index (χ0n) is 7.15. The van der Waals surface area contributed by atoms with Gasteiger partial charge in [0.2, 0.25) is 5.60 Å². The number of aliphatic carboxylic acids is 2. The molecule has 0 aliphatic carbocycles. The number of carbonyl (C=O) groups excluding carboxylic acids is 1. The minimum Gasteiger partial charge on any atom is -0.481 e. The molecule has 0 aliphatic heterocycles. The maximum atomic E-state index is 10.5. The molecule has 2 atom stereocenters. The number of carboxylic acids is 2.